The number of hydrogen-bond donors (Lipinski definition) is 1. The number of hydrogen-bond acceptors (Lipinski definition) is 0. The highest BCUT2D eigenvalue weighted by Crippen LogP contribution is 2.31. The molecule has 0 aromatic heterocycles. The Morgan fingerprint density at radius 1 is 1.57 bits per heavy atom. The maximum Gasteiger partial charge on any atom is 0.0768 e. The van der Waals surface area contributed by atoms with Gasteiger partial charge in [0, 0.05) is 5.92 Å². The van der Waals surface area contributed by atoms with E-state index in [1.54, 1.807) is 0 Å². The summed E-state index contributed by atoms with van der Waals surface area (Å²) in [4.78, 5) is 0. The summed E-state index contributed by atoms with van der Waals surface area (Å²) in [6.45, 7) is 3.47. The lowest BCUT2D eigenvalue weighted by atomic mass is 9.76. The van der Waals surface area contributed by atoms with E-state index >= 15 is 0 Å². The van der Waals surface area contributed by atoms with E-state index in [1.165, 1.54) is 12.8 Å². The maximum atomic E-state index is 3.84. The van der Waals surface area contributed by atoms with Crippen LogP contribution < -0.4 is 5.73 Å². The zero-order valence-electron chi connectivity index (χ0n) is 4.98. The van der Waals surface area contributed by atoms with Crippen molar-refractivity contribution in [3.05, 3.63) is 0 Å². The van der Waals surface area contributed by atoms with Crippen LogP contribution in [-0.4, -0.2) is 6.54 Å². The van der Waals surface area contributed by atoms with E-state index in [9.17, 15) is 0 Å². The molecular formula is C6H14N+. The lowest BCUT2D eigenvalue weighted by Crippen LogP contribution is -2.55. The summed E-state index contributed by atoms with van der Waals surface area (Å²) in [6.07, 6.45) is 2.87. The van der Waals surface area contributed by atoms with E-state index in [2.05, 4.69) is 12.7 Å². The van der Waals surface area contributed by atoms with Crippen LogP contribution in [0.3, 0.4) is 0 Å². The highest BCUT2D eigenvalue weighted by molar-refractivity contribution is 4.74. The molecule has 1 fully saturated rings. The molecule has 3 N–H and O–H groups in total. The first kappa shape index (κ1) is 5.10. The molecule has 1 saturated carbocycles. The average molecular weight is 100 g/mol. The molecule has 0 radical (unpaired) electrons. The SMILES string of the molecule is CC1CC(C[NH3+])C1. The minimum atomic E-state index is 0.981. The van der Waals surface area contributed by atoms with Gasteiger partial charge in [0.15, 0.2) is 0 Å². The van der Waals surface area contributed by atoms with Gasteiger partial charge in [-0.15, -0.1) is 0 Å². The maximum absolute atomic E-state index is 3.84. The molecule has 0 aromatic rings. The molecule has 0 spiro atoms. The van der Waals surface area contributed by atoms with Crippen LogP contribution in [0, 0.1) is 11.8 Å². The summed E-state index contributed by atoms with van der Waals surface area (Å²) in [6, 6.07) is 0. The largest absolute Gasteiger partial charge is 0.357 e. The molecule has 1 heteroatoms. The van der Waals surface area contributed by atoms with Crippen molar-refractivity contribution in [2.45, 2.75) is 19.8 Å². The van der Waals surface area contributed by atoms with Gasteiger partial charge in [0.05, 0.1) is 6.54 Å². The highest BCUT2D eigenvalue weighted by atomic mass is 14.6. The monoisotopic (exact) mass is 100 g/mol. The van der Waals surface area contributed by atoms with Crippen LogP contribution in [0.4, 0.5) is 0 Å². The molecule has 42 valence electrons. The van der Waals surface area contributed by atoms with Gasteiger partial charge in [0.1, 0.15) is 0 Å². The Labute approximate surface area is 44.9 Å². The topological polar surface area (TPSA) is 27.6 Å². The van der Waals surface area contributed by atoms with Crippen LogP contribution in [0.5, 0.6) is 0 Å². The third-order valence-corrected chi connectivity index (χ3v) is 1.88. The zero-order chi connectivity index (χ0) is 5.28. The van der Waals surface area contributed by atoms with Crippen molar-refractivity contribution in [3.63, 3.8) is 0 Å². The minimum Gasteiger partial charge on any atom is -0.357 e. The summed E-state index contributed by atoms with van der Waals surface area (Å²) in [5.74, 6) is 1.99. The van der Waals surface area contributed by atoms with Crippen molar-refractivity contribution in [2.75, 3.05) is 6.54 Å². The minimum absolute atomic E-state index is 0.981. The highest BCUT2D eigenvalue weighted by Gasteiger charge is 2.24. The van der Waals surface area contributed by atoms with Gasteiger partial charge >= 0.3 is 0 Å². The Morgan fingerprint density at radius 2 is 2.14 bits per heavy atom. The van der Waals surface area contributed by atoms with Gasteiger partial charge in [0.2, 0.25) is 0 Å². The predicted octanol–water partition coefficient (Wildman–Crippen LogP) is 0.274. The van der Waals surface area contributed by atoms with Crippen LogP contribution in [0.25, 0.3) is 0 Å². The second-order valence-electron chi connectivity index (χ2n) is 2.73. The summed E-state index contributed by atoms with van der Waals surface area (Å²) >= 11 is 0. The second kappa shape index (κ2) is 1.83. The zero-order valence-corrected chi connectivity index (χ0v) is 4.98. The van der Waals surface area contributed by atoms with E-state index < -0.39 is 0 Å². The molecule has 0 aliphatic heterocycles. The normalized spacial score (nSPS) is 40.3. The summed E-state index contributed by atoms with van der Waals surface area (Å²) in [5, 5.41) is 0. The van der Waals surface area contributed by atoms with Crippen LogP contribution >= 0.6 is 0 Å². The molecule has 1 aliphatic carbocycles. The van der Waals surface area contributed by atoms with Crippen molar-refractivity contribution in [1.82, 2.24) is 0 Å². The first-order chi connectivity index (χ1) is 3.33. The summed E-state index contributed by atoms with van der Waals surface area (Å²) in [7, 11) is 0. The smallest absolute Gasteiger partial charge is 0.0768 e. The fraction of sp³-hybridized carbons (Fsp3) is 1.00. The van der Waals surface area contributed by atoms with Crippen LogP contribution in [-0.2, 0) is 0 Å². The predicted molar refractivity (Wildman–Crippen MR) is 29.6 cm³/mol. The fourth-order valence-electron chi connectivity index (χ4n) is 1.30. The van der Waals surface area contributed by atoms with E-state index in [0.717, 1.165) is 18.4 Å². The third kappa shape index (κ3) is 0.942. The molecule has 0 heterocycles. The molecule has 0 saturated heterocycles. The fourth-order valence-corrected chi connectivity index (χ4v) is 1.30. The molecule has 1 aliphatic rings. The van der Waals surface area contributed by atoms with Crippen molar-refractivity contribution in [1.29, 1.82) is 0 Å². The summed E-state index contributed by atoms with van der Waals surface area (Å²) in [5.41, 5.74) is 3.84. The molecular weight excluding hydrogens is 86.1 g/mol. The second-order valence-corrected chi connectivity index (χ2v) is 2.73. The molecule has 0 atom stereocenters. The van der Waals surface area contributed by atoms with Gasteiger partial charge in [-0.3, -0.25) is 0 Å². The molecule has 0 unspecified atom stereocenters. The Balaban J connectivity index is 2.06. The lowest BCUT2D eigenvalue weighted by Gasteiger charge is -2.29. The van der Waals surface area contributed by atoms with E-state index in [4.69, 9.17) is 0 Å². The Hall–Kier alpha value is -0.0400. The Morgan fingerprint density at radius 3 is 2.29 bits per heavy atom. The van der Waals surface area contributed by atoms with Crippen LogP contribution in [0.15, 0.2) is 0 Å². The van der Waals surface area contributed by atoms with Gasteiger partial charge in [-0.25, -0.2) is 0 Å². The van der Waals surface area contributed by atoms with E-state index in [1.807, 2.05) is 0 Å². The first-order valence-electron chi connectivity index (χ1n) is 3.12. The molecule has 0 aromatic carbocycles. The molecule has 0 bridgehead atoms. The Bertz CT molecular complexity index is 55.2. The van der Waals surface area contributed by atoms with Gasteiger partial charge in [-0.2, -0.15) is 0 Å². The lowest BCUT2D eigenvalue weighted by molar-refractivity contribution is -0.385. The van der Waals surface area contributed by atoms with Gasteiger partial charge in [-0.1, -0.05) is 6.92 Å². The Kier molecular flexibility index (Phi) is 1.33. The number of quaternary nitrogens is 1. The summed E-state index contributed by atoms with van der Waals surface area (Å²) < 4.78 is 0. The quantitative estimate of drug-likeness (QED) is 0.490. The van der Waals surface area contributed by atoms with Crippen molar-refractivity contribution in [3.8, 4) is 0 Å². The van der Waals surface area contributed by atoms with Gasteiger partial charge in [-0.05, 0) is 18.8 Å². The van der Waals surface area contributed by atoms with E-state index in [-0.39, 0.29) is 0 Å². The van der Waals surface area contributed by atoms with Crippen molar-refractivity contribution in [2.24, 2.45) is 11.8 Å². The first-order valence-corrected chi connectivity index (χ1v) is 3.12. The number of rotatable bonds is 1. The average Bonchev–Trinajstić information content (AvgIpc) is 1.58. The molecule has 1 nitrogen and oxygen atoms in total. The standard InChI is InChI=1S/C6H13N/c1-5-2-6(3-5)4-7/h5-6H,2-4,7H2,1H3/p+1. The van der Waals surface area contributed by atoms with Gasteiger partial charge in [0.25, 0.3) is 0 Å². The van der Waals surface area contributed by atoms with Gasteiger partial charge < -0.3 is 5.73 Å². The van der Waals surface area contributed by atoms with Crippen molar-refractivity contribution < 1.29 is 5.73 Å². The molecule has 7 heavy (non-hydrogen) atoms. The van der Waals surface area contributed by atoms with Crippen LogP contribution in [0.1, 0.15) is 19.8 Å². The molecule has 1 rings (SSSR count). The van der Waals surface area contributed by atoms with Crippen LogP contribution in [0.2, 0.25) is 0 Å². The van der Waals surface area contributed by atoms with Crippen molar-refractivity contribution >= 4 is 0 Å². The van der Waals surface area contributed by atoms with E-state index in [0.29, 0.717) is 0 Å². The molecule has 0 amide bonds. The third-order valence-electron chi connectivity index (χ3n) is 1.88.